The molecular formula is C22H33BrIN5. The summed E-state index contributed by atoms with van der Waals surface area (Å²) in [6.45, 7) is 10.2. The van der Waals surface area contributed by atoms with Crippen LogP contribution in [0.4, 0.5) is 0 Å². The maximum absolute atomic E-state index is 4.95. The van der Waals surface area contributed by atoms with Gasteiger partial charge in [0.1, 0.15) is 0 Å². The molecule has 1 aromatic heterocycles. The molecule has 1 aliphatic carbocycles. The molecule has 0 saturated heterocycles. The average Bonchev–Trinajstić information content (AvgIpc) is 3.40. The molecule has 1 aliphatic rings. The molecule has 1 fully saturated rings. The van der Waals surface area contributed by atoms with E-state index in [9.17, 15) is 0 Å². The van der Waals surface area contributed by atoms with Crippen molar-refractivity contribution in [2.75, 3.05) is 13.1 Å². The van der Waals surface area contributed by atoms with Gasteiger partial charge in [0.15, 0.2) is 5.96 Å². The Morgan fingerprint density at radius 3 is 2.55 bits per heavy atom. The molecule has 2 aromatic rings. The molecule has 1 heterocycles. The molecule has 160 valence electrons. The first-order valence-electron chi connectivity index (χ1n) is 10.1. The summed E-state index contributed by atoms with van der Waals surface area (Å²) >= 11 is 3.72. The summed E-state index contributed by atoms with van der Waals surface area (Å²) in [6, 6.07) is 8.82. The topological polar surface area (TPSA) is 54.2 Å². The van der Waals surface area contributed by atoms with Crippen LogP contribution < -0.4 is 10.6 Å². The van der Waals surface area contributed by atoms with E-state index in [0.717, 1.165) is 31.2 Å². The van der Waals surface area contributed by atoms with Gasteiger partial charge in [0.25, 0.3) is 0 Å². The van der Waals surface area contributed by atoms with Crippen LogP contribution in [-0.4, -0.2) is 34.9 Å². The molecule has 0 aliphatic heterocycles. The maximum Gasteiger partial charge on any atom is 0.191 e. The van der Waals surface area contributed by atoms with Crippen molar-refractivity contribution in [1.29, 1.82) is 0 Å². The van der Waals surface area contributed by atoms with Crippen LogP contribution in [0.1, 0.15) is 49.2 Å². The summed E-state index contributed by atoms with van der Waals surface area (Å²) in [4.78, 5) is 4.95. The standard InChI is InChI=1S/C22H32BrN5.HI/c1-6-24-21(26-15(2)13-18-16(3)27-28(5)17(18)4)25-14-22(11-12-22)19-9-7-8-10-20(19)23;/h7-10,15H,6,11-14H2,1-5H3,(H2,24,25,26);1H. The Kier molecular flexibility index (Phi) is 8.58. The van der Waals surface area contributed by atoms with Gasteiger partial charge in [0.2, 0.25) is 0 Å². The summed E-state index contributed by atoms with van der Waals surface area (Å²) < 4.78 is 3.15. The molecule has 7 heteroatoms. The van der Waals surface area contributed by atoms with E-state index >= 15 is 0 Å². The SMILES string of the molecule is CCNC(=NCC1(c2ccccc2Br)CC1)NC(C)Cc1c(C)nn(C)c1C.I. The molecule has 0 amide bonds. The second kappa shape index (κ2) is 10.3. The number of aliphatic imine (C=N–C) groups is 1. The molecule has 0 radical (unpaired) electrons. The Morgan fingerprint density at radius 1 is 1.31 bits per heavy atom. The summed E-state index contributed by atoms with van der Waals surface area (Å²) in [5, 5.41) is 11.5. The van der Waals surface area contributed by atoms with E-state index in [2.05, 4.69) is 83.6 Å². The van der Waals surface area contributed by atoms with Crippen molar-refractivity contribution in [2.24, 2.45) is 12.0 Å². The summed E-state index contributed by atoms with van der Waals surface area (Å²) in [5.41, 5.74) is 5.23. The quantitative estimate of drug-likeness (QED) is 0.288. The molecule has 1 atom stereocenters. The van der Waals surface area contributed by atoms with Gasteiger partial charge in [0, 0.05) is 35.2 Å². The molecule has 3 rings (SSSR count). The molecule has 1 aromatic carbocycles. The normalized spacial score (nSPS) is 16.1. The largest absolute Gasteiger partial charge is 0.357 e. The third kappa shape index (κ3) is 5.75. The van der Waals surface area contributed by atoms with Crippen molar-refractivity contribution in [1.82, 2.24) is 20.4 Å². The Balaban J connectivity index is 0.00000300. The number of halogens is 2. The van der Waals surface area contributed by atoms with E-state index in [1.807, 2.05) is 11.7 Å². The van der Waals surface area contributed by atoms with Gasteiger partial charge in [-0.1, -0.05) is 34.1 Å². The van der Waals surface area contributed by atoms with Gasteiger partial charge >= 0.3 is 0 Å². The van der Waals surface area contributed by atoms with Crippen LogP contribution in [0.15, 0.2) is 33.7 Å². The lowest BCUT2D eigenvalue weighted by molar-refractivity contribution is 0.627. The Labute approximate surface area is 200 Å². The predicted molar refractivity (Wildman–Crippen MR) is 135 cm³/mol. The van der Waals surface area contributed by atoms with Crippen molar-refractivity contribution >= 4 is 45.9 Å². The maximum atomic E-state index is 4.95. The van der Waals surface area contributed by atoms with Gasteiger partial charge in [-0.3, -0.25) is 9.67 Å². The van der Waals surface area contributed by atoms with E-state index in [1.54, 1.807) is 0 Å². The first-order valence-corrected chi connectivity index (χ1v) is 10.9. The smallest absolute Gasteiger partial charge is 0.191 e. The summed E-state index contributed by atoms with van der Waals surface area (Å²) in [6.07, 6.45) is 3.33. The van der Waals surface area contributed by atoms with Crippen molar-refractivity contribution in [3.05, 3.63) is 51.3 Å². The third-order valence-electron chi connectivity index (χ3n) is 5.74. The number of hydrogen-bond acceptors (Lipinski definition) is 2. The molecule has 1 unspecified atom stereocenters. The van der Waals surface area contributed by atoms with Crippen molar-refractivity contribution in [3.63, 3.8) is 0 Å². The van der Waals surface area contributed by atoms with Gasteiger partial charge in [-0.25, -0.2) is 0 Å². The number of hydrogen-bond donors (Lipinski definition) is 2. The predicted octanol–water partition coefficient (Wildman–Crippen LogP) is 4.64. The first kappa shape index (κ1) is 24.2. The van der Waals surface area contributed by atoms with Gasteiger partial charge in [-0.15, -0.1) is 24.0 Å². The second-order valence-corrected chi connectivity index (χ2v) is 8.83. The molecule has 0 bridgehead atoms. The molecule has 2 N–H and O–H groups in total. The van der Waals surface area contributed by atoms with Crippen molar-refractivity contribution in [3.8, 4) is 0 Å². The zero-order valence-corrected chi connectivity index (χ0v) is 22.0. The lowest BCUT2D eigenvalue weighted by atomic mass is 9.96. The molecule has 5 nitrogen and oxygen atoms in total. The van der Waals surface area contributed by atoms with Gasteiger partial charge in [0.05, 0.1) is 12.2 Å². The third-order valence-corrected chi connectivity index (χ3v) is 6.43. The van der Waals surface area contributed by atoms with Crippen LogP contribution in [0.5, 0.6) is 0 Å². The minimum Gasteiger partial charge on any atom is -0.357 e. The highest BCUT2D eigenvalue weighted by molar-refractivity contribution is 14.0. The van der Waals surface area contributed by atoms with E-state index in [0.29, 0.717) is 0 Å². The summed E-state index contributed by atoms with van der Waals surface area (Å²) in [5.74, 6) is 0.896. The zero-order valence-electron chi connectivity index (χ0n) is 18.1. The number of aryl methyl sites for hydroxylation is 2. The minimum atomic E-state index is 0. The number of guanidine groups is 1. The van der Waals surface area contributed by atoms with E-state index in [4.69, 9.17) is 4.99 Å². The van der Waals surface area contributed by atoms with Crippen LogP contribution in [0.25, 0.3) is 0 Å². The van der Waals surface area contributed by atoms with Crippen molar-refractivity contribution < 1.29 is 0 Å². The van der Waals surface area contributed by atoms with Gasteiger partial charge < -0.3 is 10.6 Å². The summed E-state index contributed by atoms with van der Waals surface area (Å²) in [7, 11) is 2.01. The molecule has 0 spiro atoms. The lowest BCUT2D eigenvalue weighted by Gasteiger charge is -2.20. The fraction of sp³-hybridized carbons (Fsp3) is 0.545. The number of nitrogens with one attached hydrogen (secondary N) is 2. The number of benzene rings is 1. The van der Waals surface area contributed by atoms with Crippen LogP contribution in [-0.2, 0) is 18.9 Å². The monoisotopic (exact) mass is 573 g/mol. The van der Waals surface area contributed by atoms with Crippen LogP contribution in [0, 0.1) is 13.8 Å². The van der Waals surface area contributed by atoms with Crippen LogP contribution in [0.3, 0.4) is 0 Å². The van der Waals surface area contributed by atoms with E-state index < -0.39 is 0 Å². The first-order chi connectivity index (χ1) is 13.4. The molecule has 1 saturated carbocycles. The molecular weight excluding hydrogens is 541 g/mol. The number of aromatic nitrogens is 2. The zero-order chi connectivity index (χ0) is 20.3. The van der Waals surface area contributed by atoms with Crippen LogP contribution in [0.2, 0.25) is 0 Å². The fourth-order valence-corrected chi connectivity index (χ4v) is 4.51. The van der Waals surface area contributed by atoms with E-state index in [-0.39, 0.29) is 35.4 Å². The Bertz CT molecular complexity index is 857. The highest BCUT2D eigenvalue weighted by Crippen LogP contribution is 2.50. The van der Waals surface area contributed by atoms with E-state index in [1.165, 1.54) is 34.1 Å². The highest BCUT2D eigenvalue weighted by atomic mass is 127. The van der Waals surface area contributed by atoms with Gasteiger partial charge in [-0.2, -0.15) is 5.10 Å². The lowest BCUT2D eigenvalue weighted by Crippen LogP contribution is -2.43. The fourth-order valence-electron chi connectivity index (χ4n) is 3.81. The highest BCUT2D eigenvalue weighted by Gasteiger charge is 2.45. The Hall–Kier alpha value is -1.09. The average molecular weight is 574 g/mol. The van der Waals surface area contributed by atoms with Gasteiger partial charge in [-0.05, 0) is 64.2 Å². The Morgan fingerprint density at radius 2 is 2.00 bits per heavy atom. The minimum absolute atomic E-state index is 0. The number of nitrogens with zero attached hydrogens (tertiary/aromatic N) is 3. The van der Waals surface area contributed by atoms with Crippen LogP contribution >= 0.6 is 39.9 Å². The second-order valence-electron chi connectivity index (χ2n) is 7.98. The molecule has 29 heavy (non-hydrogen) atoms. The number of rotatable bonds is 7. The van der Waals surface area contributed by atoms with Crippen molar-refractivity contribution in [2.45, 2.75) is 58.4 Å².